The maximum atomic E-state index is 12.3. The van der Waals surface area contributed by atoms with Gasteiger partial charge in [0.2, 0.25) is 5.91 Å². The van der Waals surface area contributed by atoms with Crippen molar-refractivity contribution in [2.45, 2.75) is 83.3 Å². The average Bonchev–Trinajstić information content (AvgIpc) is 3.10. The van der Waals surface area contributed by atoms with Crippen molar-refractivity contribution < 1.29 is 4.79 Å². The topological polar surface area (TPSA) is 63.1 Å². The van der Waals surface area contributed by atoms with E-state index in [-0.39, 0.29) is 5.91 Å². The van der Waals surface area contributed by atoms with Gasteiger partial charge in [-0.25, -0.2) is 0 Å². The molecule has 1 aromatic rings. The van der Waals surface area contributed by atoms with E-state index in [4.69, 9.17) is 0 Å². The van der Waals surface area contributed by atoms with Crippen molar-refractivity contribution in [2.75, 3.05) is 13.1 Å². The normalized spacial score (nSPS) is 23.3. The first-order chi connectivity index (χ1) is 11.8. The van der Waals surface area contributed by atoms with Gasteiger partial charge in [0.05, 0.1) is 13.1 Å². The van der Waals surface area contributed by atoms with Gasteiger partial charge in [-0.1, -0.05) is 32.6 Å². The quantitative estimate of drug-likeness (QED) is 0.869. The molecule has 0 aromatic carbocycles. The Morgan fingerprint density at radius 3 is 2.79 bits per heavy atom. The zero-order chi connectivity index (χ0) is 16.8. The van der Waals surface area contributed by atoms with Crippen molar-refractivity contribution in [2.24, 2.45) is 0 Å². The number of hydrogen-bond donors (Lipinski definition) is 1. The summed E-state index contributed by atoms with van der Waals surface area (Å²) in [6.45, 7) is 4.26. The molecule has 0 radical (unpaired) electrons. The van der Waals surface area contributed by atoms with Gasteiger partial charge in [0.15, 0.2) is 5.82 Å². The second-order valence-electron chi connectivity index (χ2n) is 7.25. The van der Waals surface area contributed by atoms with E-state index in [9.17, 15) is 4.79 Å². The molecule has 1 aliphatic heterocycles. The molecule has 1 aliphatic carbocycles. The third kappa shape index (κ3) is 4.35. The summed E-state index contributed by atoms with van der Waals surface area (Å²) >= 11 is 0. The Morgan fingerprint density at radius 1 is 1.21 bits per heavy atom. The van der Waals surface area contributed by atoms with Gasteiger partial charge in [0, 0.05) is 12.1 Å². The molecule has 1 atom stereocenters. The fraction of sp³-hybridized carbons (Fsp3) is 0.833. The Labute approximate surface area is 145 Å². The van der Waals surface area contributed by atoms with Gasteiger partial charge < -0.3 is 9.88 Å². The molecule has 6 heteroatoms. The molecule has 1 saturated heterocycles. The van der Waals surface area contributed by atoms with Crippen LogP contribution in [0.1, 0.15) is 76.6 Å². The third-order valence-corrected chi connectivity index (χ3v) is 5.63. The minimum Gasteiger partial charge on any atom is -0.348 e. The highest BCUT2D eigenvalue weighted by molar-refractivity contribution is 5.77. The second kappa shape index (κ2) is 8.60. The highest BCUT2D eigenvalue weighted by Crippen LogP contribution is 2.28. The van der Waals surface area contributed by atoms with Crippen LogP contribution in [0.4, 0.5) is 0 Å². The Hall–Kier alpha value is -1.43. The van der Waals surface area contributed by atoms with Crippen molar-refractivity contribution in [3.63, 3.8) is 0 Å². The van der Waals surface area contributed by atoms with Gasteiger partial charge in [0.1, 0.15) is 6.33 Å². The lowest BCUT2D eigenvalue weighted by Crippen LogP contribution is -2.45. The van der Waals surface area contributed by atoms with Crippen LogP contribution >= 0.6 is 0 Å². The van der Waals surface area contributed by atoms with Crippen molar-refractivity contribution >= 4 is 5.91 Å². The Morgan fingerprint density at radius 2 is 2.00 bits per heavy atom. The molecular weight excluding hydrogens is 302 g/mol. The van der Waals surface area contributed by atoms with Crippen LogP contribution in [-0.2, 0) is 11.3 Å². The lowest BCUT2D eigenvalue weighted by atomic mass is 9.95. The van der Waals surface area contributed by atoms with Gasteiger partial charge >= 0.3 is 0 Å². The minimum atomic E-state index is 0.105. The van der Waals surface area contributed by atoms with Gasteiger partial charge in [-0.05, 0) is 38.6 Å². The highest BCUT2D eigenvalue weighted by Gasteiger charge is 2.23. The zero-order valence-corrected chi connectivity index (χ0v) is 14.9. The van der Waals surface area contributed by atoms with Crippen LogP contribution in [0.15, 0.2) is 6.33 Å². The number of carbonyl (C=O) groups is 1. The van der Waals surface area contributed by atoms with E-state index in [1.807, 2.05) is 6.33 Å². The molecule has 2 aliphatic rings. The molecule has 6 nitrogen and oxygen atoms in total. The molecule has 1 aromatic heterocycles. The van der Waals surface area contributed by atoms with E-state index in [1.54, 1.807) is 0 Å². The fourth-order valence-electron chi connectivity index (χ4n) is 4.21. The first-order valence-electron chi connectivity index (χ1n) is 9.67. The molecule has 1 saturated carbocycles. The SMILES string of the molecule is CC[C@@H]1CCCCN1CC(=O)NCc1nncn1C1CCCCC1. The number of aromatic nitrogens is 3. The van der Waals surface area contributed by atoms with Gasteiger partial charge in [-0.3, -0.25) is 9.69 Å². The number of carbonyl (C=O) groups excluding carboxylic acids is 1. The first-order valence-corrected chi connectivity index (χ1v) is 9.67. The number of amides is 1. The molecule has 2 fully saturated rings. The van der Waals surface area contributed by atoms with E-state index in [1.165, 1.54) is 51.4 Å². The summed E-state index contributed by atoms with van der Waals surface area (Å²) in [7, 11) is 0. The van der Waals surface area contributed by atoms with E-state index in [0.29, 0.717) is 25.2 Å². The first kappa shape index (κ1) is 17.4. The Balaban J connectivity index is 1.50. The molecule has 134 valence electrons. The number of rotatable bonds is 6. The Kier molecular flexibility index (Phi) is 6.24. The maximum Gasteiger partial charge on any atom is 0.234 e. The number of hydrogen-bond acceptors (Lipinski definition) is 4. The Bertz CT molecular complexity index is 523. The van der Waals surface area contributed by atoms with Crippen LogP contribution < -0.4 is 5.32 Å². The van der Waals surface area contributed by atoms with Crippen molar-refractivity contribution in [1.29, 1.82) is 0 Å². The summed E-state index contributed by atoms with van der Waals surface area (Å²) in [5, 5.41) is 11.3. The zero-order valence-electron chi connectivity index (χ0n) is 14.9. The molecule has 1 amide bonds. The molecule has 0 bridgehead atoms. The number of piperidine rings is 1. The number of nitrogens with one attached hydrogen (secondary N) is 1. The molecule has 0 unspecified atom stereocenters. The molecule has 1 N–H and O–H groups in total. The summed E-state index contributed by atoms with van der Waals surface area (Å²) in [5.41, 5.74) is 0. The van der Waals surface area contributed by atoms with Crippen LogP contribution in [0.2, 0.25) is 0 Å². The van der Waals surface area contributed by atoms with Gasteiger partial charge in [-0.15, -0.1) is 10.2 Å². The summed E-state index contributed by atoms with van der Waals surface area (Å²) in [4.78, 5) is 14.7. The van der Waals surface area contributed by atoms with Gasteiger partial charge in [0.25, 0.3) is 0 Å². The standard InChI is InChI=1S/C18H31N5O/c1-2-15-8-6-7-11-22(15)13-18(24)19-12-17-21-20-14-23(17)16-9-4-3-5-10-16/h14-16H,2-13H2,1H3,(H,19,24)/t15-/m1/s1. The summed E-state index contributed by atoms with van der Waals surface area (Å²) < 4.78 is 2.18. The summed E-state index contributed by atoms with van der Waals surface area (Å²) in [6, 6.07) is 1.07. The molecule has 0 spiro atoms. The van der Waals surface area contributed by atoms with Gasteiger partial charge in [-0.2, -0.15) is 0 Å². The van der Waals surface area contributed by atoms with Crippen molar-refractivity contribution in [3.8, 4) is 0 Å². The molecule has 24 heavy (non-hydrogen) atoms. The van der Waals surface area contributed by atoms with E-state index in [2.05, 4.69) is 31.9 Å². The van der Waals surface area contributed by atoms with Crippen LogP contribution in [0.3, 0.4) is 0 Å². The van der Waals surface area contributed by atoms with Crippen molar-refractivity contribution in [3.05, 3.63) is 12.2 Å². The van der Waals surface area contributed by atoms with Crippen LogP contribution in [0, 0.1) is 0 Å². The van der Waals surface area contributed by atoms with Crippen LogP contribution in [0.25, 0.3) is 0 Å². The van der Waals surface area contributed by atoms with E-state index < -0.39 is 0 Å². The number of nitrogens with zero attached hydrogens (tertiary/aromatic N) is 4. The minimum absolute atomic E-state index is 0.105. The summed E-state index contributed by atoms with van der Waals surface area (Å²) in [5.74, 6) is 0.995. The monoisotopic (exact) mass is 333 g/mol. The predicted molar refractivity (Wildman–Crippen MR) is 93.5 cm³/mol. The second-order valence-corrected chi connectivity index (χ2v) is 7.25. The number of likely N-dealkylation sites (tertiary alicyclic amines) is 1. The van der Waals surface area contributed by atoms with Crippen LogP contribution in [-0.4, -0.2) is 44.7 Å². The molecule has 2 heterocycles. The van der Waals surface area contributed by atoms with Crippen molar-refractivity contribution in [1.82, 2.24) is 25.0 Å². The fourth-order valence-corrected chi connectivity index (χ4v) is 4.21. The maximum absolute atomic E-state index is 12.3. The summed E-state index contributed by atoms with van der Waals surface area (Å²) in [6.07, 6.45) is 13.0. The van der Waals surface area contributed by atoms with Crippen LogP contribution in [0.5, 0.6) is 0 Å². The van der Waals surface area contributed by atoms with E-state index in [0.717, 1.165) is 18.8 Å². The highest BCUT2D eigenvalue weighted by atomic mass is 16.2. The molecular formula is C18H31N5O. The average molecular weight is 333 g/mol. The lowest BCUT2D eigenvalue weighted by Gasteiger charge is -2.34. The molecule has 3 rings (SSSR count). The van der Waals surface area contributed by atoms with E-state index >= 15 is 0 Å². The predicted octanol–water partition coefficient (Wildman–Crippen LogP) is 2.66. The largest absolute Gasteiger partial charge is 0.348 e. The smallest absolute Gasteiger partial charge is 0.234 e. The lowest BCUT2D eigenvalue weighted by molar-refractivity contribution is -0.123. The third-order valence-electron chi connectivity index (χ3n) is 5.63.